The van der Waals surface area contributed by atoms with E-state index in [4.69, 9.17) is 4.74 Å². The zero-order valence-electron chi connectivity index (χ0n) is 18.3. The lowest BCUT2D eigenvalue weighted by Gasteiger charge is -2.15. The van der Waals surface area contributed by atoms with Gasteiger partial charge in [0.1, 0.15) is 5.75 Å². The molecule has 1 N–H and O–H groups in total. The summed E-state index contributed by atoms with van der Waals surface area (Å²) in [6.45, 7) is 3.28. The molecule has 8 nitrogen and oxygen atoms in total. The van der Waals surface area contributed by atoms with Gasteiger partial charge in [0.15, 0.2) is 0 Å². The van der Waals surface area contributed by atoms with Gasteiger partial charge in [-0.3, -0.25) is 0 Å². The highest BCUT2D eigenvalue weighted by Gasteiger charge is 2.31. The fourth-order valence-electron chi connectivity index (χ4n) is 3.27. The second-order valence-corrected chi connectivity index (χ2v) is 14.0. The summed E-state index contributed by atoms with van der Waals surface area (Å²) in [7, 11) is -10.5. The molecule has 0 bridgehead atoms. The van der Waals surface area contributed by atoms with Crippen LogP contribution in [0.25, 0.3) is 0 Å². The molecule has 1 atom stereocenters. The van der Waals surface area contributed by atoms with Gasteiger partial charge in [-0.1, -0.05) is 12.1 Å². The Morgan fingerprint density at radius 1 is 0.848 bits per heavy atom. The predicted molar refractivity (Wildman–Crippen MR) is 126 cm³/mol. The third-order valence-corrected chi connectivity index (χ3v) is 10.6. The number of methoxy groups -OCH3 is 1. The van der Waals surface area contributed by atoms with E-state index in [1.54, 1.807) is 19.2 Å². The third kappa shape index (κ3) is 5.30. The quantitative estimate of drug-likeness (QED) is 0.475. The molecule has 2 aromatic carbocycles. The van der Waals surface area contributed by atoms with Crippen LogP contribution in [0.3, 0.4) is 0 Å². The van der Waals surface area contributed by atoms with E-state index in [1.165, 1.54) is 67.0 Å². The van der Waals surface area contributed by atoms with Crippen molar-refractivity contribution < 1.29 is 30.0 Å². The van der Waals surface area contributed by atoms with E-state index < -0.39 is 35.7 Å². The molecule has 178 valence electrons. The molecular formula is C21H23NO7S4. The van der Waals surface area contributed by atoms with Gasteiger partial charge in [-0.05, 0) is 55.1 Å². The van der Waals surface area contributed by atoms with Crippen LogP contribution in [0.2, 0.25) is 0 Å². The highest BCUT2D eigenvalue weighted by Crippen LogP contribution is 2.36. The summed E-state index contributed by atoms with van der Waals surface area (Å²) < 4.78 is 84.1. The Labute approximate surface area is 198 Å². The number of hydrogen-bond donors (Lipinski definition) is 1. The number of rotatable bonds is 8. The first-order valence-corrected chi connectivity index (χ1v) is 15.3. The number of nitrogens with one attached hydrogen (secondary N) is 1. The van der Waals surface area contributed by atoms with Gasteiger partial charge < -0.3 is 4.74 Å². The van der Waals surface area contributed by atoms with E-state index in [9.17, 15) is 25.3 Å². The summed E-state index contributed by atoms with van der Waals surface area (Å²) in [5, 5.41) is 1.63. The second-order valence-electron chi connectivity index (χ2n) is 7.34. The first-order valence-electron chi connectivity index (χ1n) is 9.57. The number of benzene rings is 2. The molecule has 0 aliphatic rings. The van der Waals surface area contributed by atoms with Crippen LogP contribution >= 0.6 is 11.3 Å². The maximum absolute atomic E-state index is 13.5. The molecule has 1 aromatic heterocycles. The Hall–Kier alpha value is -2.25. The topological polar surface area (TPSA) is 124 Å². The van der Waals surface area contributed by atoms with E-state index in [0.717, 1.165) is 6.26 Å². The summed E-state index contributed by atoms with van der Waals surface area (Å²) in [4.78, 5) is -0.295. The minimum atomic E-state index is -4.23. The molecule has 3 aromatic rings. The highest BCUT2D eigenvalue weighted by molar-refractivity contribution is 7.94. The molecule has 12 heteroatoms. The van der Waals surface area contributed by atoms with Gasteiger partial charge in [-0.25, -0.2) is 30.0 Å². The van der Waals surface area contributed by atoms with Gasteiger partial charge in [-0.2, -0.15) is 0 Å². The van der Waals surface area contributed by atoms with Crippen LogP contribution in [0, 0.1) is 6.92 Å². The monoisotopic (exact) mass is 529 g/mol. The van der Waals surface area contributed by atoms with Gasteiger partial charge in [0, 0.05) is 17.0 Å². The summed E-state index contributed by atoms with van der Waals surface area (Å²) in [6, 6.07) is 10.3. The van der Waals surface area contributed by atoms with Crippen molar-refractivity contribution in [3.63, 3.8) is 0 Å². The molecular weight excluding hydrogens is 506 g/mol. The fraction of sp³-hybridized carbons (Fsp3) is 0.238. The number of hydrogen-bond acceptors (Lipinski definition) is 8. The smallest absolute Gasteiger partial charge is 0.209 e. The van der Waals surface area contributed by atoms with Gasteiger partial charge in [0.25, 0.3) is 0 Å². The summed E-state index contributed by atoms with van der Waals surface area (Å²) in [6.07, 6.45) is 1.03. The minimum absolute atomic E-state index is 0.0354. The van der Waals surface area contributed by atoms with E-state index in [1.807, 2.05) is 0 Å². The van der Waals surface area contributed by atoms with Crippen LogP contribution in [0.15, 0.2) is 73.5 Å². The first-order chi connectivity index (χ1) is 15.3. The lowest BCUT2D eigenvalue weighted by molar-refractivity contribution is 0.412. The maximum Gasteiger partial charge on any atom is 0.209 e. The van der Waals surface area contributed by atoms with Crippen LogP contribution in [-0.2, 0) is 29.7 Å². The second kappa shape index (κ2) is 9.18. The number of sulfonamides is 1. The normalized spacial score (nSPS) is 13.6. The van der Waals surface area contributed by atoms with Crippen molar-refractivity contribution >= 4 is 41.0 Å². The molecule has 0 unspecified atom stereocenters. The van der Waals surface area contributed by atoms with Crippen LogP contribution in [-0.4, -0.2) is 38.6 Å². The Morgan fingerprint density at radius 2 is 1.48 bits per heavy atom. The van der Waals surface area contributed by atoms with Gasteiger partial charge in [-0.15, -0.1) is 11.3 Å². The van der Waals surface area contributed by atoms with Crippen molar-refractivity contribution in [3.05, 3.63) is 64.4 Å². The molecule has 0 saturated heterocycles. The predicted octanol–water partition coefficient (Wildman–Crippen LogP) is 3.34. The van der Waals surface area contributed by atoms with Gasteiger partial charge >= 0.3 is 0 Å². The van der Waals surface area contributed by atoms with E-state index in [-0.39, 0.29) is 25.3 Å². The standard InChI is InChI=1S/C21H23NO7S4/c1-14(22-31(4,23)24)16-5-8-18(9-6-16)32(25,26)20-10-7-17(29-3)13-21(20)33(27,28)19-11-12-30-15(19)2/h5-14,22H,1-4H3/t14-/m0/s1. The molecule has 0 amide bonds. The Balaban J connectivity index is 2.12. The molecule has 0 fully saturated rings. The van der Waals surface area contributed by atoms with Crippen molar-refractivity contribution in [2.24, 2.45) is 0 Å². The van der Waals surface area contributed by atoms with Crippen LogP contribution in [0.5, 0.6) is 5.75 Å². The van der Waals surface area contributed by atoms with Gasteiger partial charge in [0.05, 0.1) is 32.9 Å². The Bertz CT molecular complexity index is 1490. The van der Waals surface area contributed by atoms with Crippen LogP contribution in [0.1, 0.15) is 23.4 Å². The number of thiophene rings is 1. The molecule has 1 heterocycles. The lowest BCUT2D eigenvalue weighted by Crippen LogP contribution is -2.25. The zero-order chi connectivity index (χ0) is 24.6. The molecule has 0 spiro atoms. The molecule has 0 aliphatic heterocycles. The molecule has 3 rings (SSSR count). The summed E-state index contributed by atoms with van der Waals surface area (Å²) in [5.41, 5.74) is 0.552. The molecule has 0 radical (unpaired) electrons. The number of aryl methyl sites for hydroxylation is 1. The van der Waals surface area contributed by atoms with Crippen LogP contribution in [0.4, 0.5) is 0 Å². The number of sulfone groups is 2. The SMILES string of the molecule is COc1ccc(S(=O)(=O)c2ccc([C@H](C)NS(C)(=O)=O)cc2)c(S(=O)(=O)c2ccsc2C)c1. The minimum Gasteiger partial charge on any atom is -0.497 e. The fourth-order valence-corrected chi connectivity index (χ4v) is 8.64. The largest absolute Gasteiger partial charge is 0.497 e. The number of ether oxygens (including phenoxy) is 1. The van der Waals surface area contributed by atoms with E-state index in [2.05, 4.69) is 4.72 Å². The molecule has 0 saturated carbocycles. The van der Waals surface area contributed by atoms with Crippen molar-refractivity contribution in [1.29, 1.82) is 0 Å². The van der Waals surface area contributed by atoms with Crippen molar-refractivity contribution in [3.8, 4) is 5.75 Å². The third-order valence-electron chi connectivity index (χ3n) is 4.91. The van der Waals surface area contributed by atoms with Gasteiger partial charge in [0.2, 0.25) is 29.7 Å². The average molecular weight is 530 g/mol. The highest BCUT2D eigenvalue weighted by atomic mass is 32.2. The van der Waals surface area contributed by atoms with Crippen molar-refractivity contribution in [2.45, 2.75) is 39.5 Å². The molecule has 33 heavy (non-hydrogen) atoms. The summed E-state index contributed by atoms with van der Waals surface area (Å²) in [5.74, 6) is 0.205. The zero-order valence-corrected chi connectivity index (χ0v) is 21.5. The average Bonchev–Trinajstić information content (AvgIpc) is 3.19. The Kier molecular flexibility index (Phi) is 7.06. The van der Waals surface area contributed by atoms with Crippen molar-refractivity contribution in [1.82, 2.24) is 4.72 Å². The first kappa shape index (κ1) is 25.4. The summed E-state index contributed by atoms with van der Waals surface area (Å²) >= 11 is 1.25. The Morgan fingerprint density at radius 3 is 2.00 bits per heavy atom. The maximum atomic E-state index is 13.5. The van der Waals surface area contributed by atoms with Crippen molar-refractivity contribution in [2.75, 3.05) is 13.4 Å². The van der Waals surface area contributed by atoms with Crippen LogP contribution < -0.4 is 9.46 Å². The lowest BCUT2D eigenvalue weighted by atomic mass is 10.1. The van der Waals surface area contributed by atoms with E-state index >= 15 is 0 Å². The molecule has 0 aliphatic carbocycles. The van der Waals surface area contributed by atoms with E-state index in [0.29, 0.717) is 10.4 Å².